The van der Waals surface area contributed by atoms with E-state index in [0.29, 0.717) is 0 Å². The summed E-state index contributed by atoms with van der Waals surface area (Å²) in [5, 5.41) is 62.4. The maximum Gasteiger partial charge on any atom is 0.303 e. The zero-order valence-electron chi connectivity index (χ0n) is 20.0. The third-order valence-electron chi connectivity index (χ3n) is 8.95. The van der Waals surface area contributed by atoms with Crippen LogP contribution in [0.15, 0.2) is 11.6 Å². The van der Waals surface area contributed by atoms with Crippen LogP contribution in [0.1, 0.15) is 20.8 Å². The summed E-state index contributed by atoms with van der Waals surface area (Å²) in [6.07, 6.45) is -12.5. The number of ether oxygens (including phenoxy) is 5. The zero-order valence-corrected chi connectivity index (χ0v) is 20.0. The molecule has 13 nitrogen and oxygen atoms in total. The first-order valence-electron chi connectivity index (χ1n) is 11.9. The van der Waals surface area contributed by atoms with E-state index in [0.717, 1.165) is 6.92 Å². The van der Waals surface area contributed by atoms with E-state index in [2.05, 4.69) is 0 Å². The van der Waals surface area contributed by atoms with Crippen molar-refractivity contribution >= 4 is 11.8 Å². The molecule has 5 rings (SSSR count). The number of aliphatic hydroxyl groups is 6. The summed E-state index contributed by atoms with van der Waals surface area (Å²) in [4.78, 5) is 25.2. The highest BCUT2D eigenvalue weighted by Gasteiger charge is 2.88. The Morgan fingerprint density at radius 2 is 1.81 bits per heavy atom. The van der Waals surface area contributed by atoms with Crippen LogP contribution in [0.25, 0.3) is 0 Å². The van der Waals surface area contributed by atoms with Crippen LogP contribution in [0, 0.1) is 10.8 Å². The minimum absolute atomic E-state index is 0.0819. The number of ketones is 1. The summed E-state index contributed by atoms with van der Waals surface area (Å²) < 4.78 is 29.5. The van der Waals surface area contributed by atoms with Gasteiger partial charge >= 0.3 is 5.97 Å². The monoisotopic (exact) mass is 516 g/mol. The van der Waals surface area contributed by atoms with Crippen LogP contribution in [-0.2, 0) is 33.3 Å². The first-order chi connectivity index (χ1) is 16.9. The minimum Gasteiger partial charge on any atom is -0.459 e. The van der Waals surface area contributed by atoms with E-state index in [4.69, 9.17) is 23.7 Å². The molecule has 0 aromatic rings. The van der Waals surface area contributed by atoms with Crippen molar-refractivity contribution in [2.24, 2.45) is 10.8 Å². The van der Waals surface area contributed by atoms with Gasteiger partial charge in [-0.2, -0.15) is 0 Å². The van der Waals surface area contributed by atoms with E-state index in [1.54, 1.807) is 6.92 Å². The van der Waals surface area contributed by atoms with Crippen molar-refractivity contribution in [1.29, 1.82) is 0 Å². The Morgan fingerprint density at radius 3 is 2.36 bits per heavy atom. The smallest absolute Gasteiger partial charge is 0.303 e. The normalized spacial score (nSPS) is 53.7. The number of carbonyl (C=O) groups excluding carboxylic acids is 2. The molecule has 5 aliphatic rings. The van der Waals surface area contributed by atoms with Crippen LogP contribution in [0.3, 0.4) is 0 Å². The number of esters is 1. The molecule has 2 aliphatic carbocycles. The van der Waals surface area contributed by atoms with Crippen LogP contribution in [0.2, 0.25) is 0 Å². The molecule has 36 heavy (non-hydrogen) atoms. The van der Waals surface area contributed by atoms with Gasteiger partial charge in [0.15, 0.2) is 12.1 Å². The Balaban J connectivity index is 1.60. The fourth-order valence-corrected chi connectivity index (χ4v) is 6.82. The Morgan fingerprint density at radius 1 is 1.14 bits per heavy atom. The summed E-state index contributed by atoms with van der Waals surface area (Å²) in [6, 6.07) is 0. The maximum absolute atomic E-state index is 12.9. The van der Waals surface area contributed by atoms with Gasteiger partial charge in [0, 0.05) is 6.92 Å². The van der Waals surface area contributed by atoms with Gasteiger partial charge in [0.1, 0.15) is 54.4 Å². The molecule has 6 N–H and O–H groups in total. The highest BCUT2D eigenvalue weighted by atomic mass is 16.7. The lowest BCUT2D eigenvalue weighted by Crippen LogP contribution is -2.72. The number of hydrogen-bond acceptors (Lipinski definition) is 13. The van der Waals surface area contributed by atoms with Crippen LogP contribution < -0.4 is 0 Å². The van der Waals surface area contributed by atoms with Crippen molar-refractivity contribution in [3.05, 3.63) is 11.6 Å². The molecule has 0 amide bonds. The summed E-state index contributed by atoms with van der Waals surface area (Å²) in [5.41, 5.74) is -4.09. The van der Waals surface area contributed by atoms with Crippen LogP contribution in [-0.4, -0.2) is 129 Å². The van der Waals surface area contributed by atoms with Crippen molar-refractivity contribution in [2.45, 2.75) is 87.6 Å². The lowest BCUT2D eigenvalue weighted by atomic mass is 9.50. The molecule has 13 heteroatoms. The summed E-state index contributed by atoms with van der Waals surface area (Å²) in [7, 11) is 0. The quantitative estimate of drug-likeness (QED) is 0.155. The highest BCUT2D eigenvalue weighted by molar-refractivity contribution is 6.00. The van der Waals surface area contributed by atoms with Gasteiger partial charge in [-0.15, -0.1) is 0 Å². The van der Waals surface area contributed by atoms with Crippen LogP contribution in [0.4, 0.5) is 0 Å². The molecule has 202 valence electrons. The van der Waals surface area contributed by atoms with Gasteiger partial charge in [-0.05, 0) is 18.6 Å². The van der Waals surface area contributed by atoms with Gasteiger partial charge in [-0.3, -0.25) is 9.59 Å². The number of fused-ring (bicyclic) bond motifs is 2. The maximum atomic E-state index is 12.9. The Hall–Kier alpha value is -1.52. The molecule has 4 fully saturated rings. The first-order valence-corrected chi connectivity index (χ1v) is 11.9. The number of carbonyl (C=O) groups is 2. The van der Waals surface area contributed by atoms with Crippen molar-refractivity contribution < 1.29 is 63.9 Å². The number of Topliss-reactive ketones (excluding diaryl/α,β-unsaturated/α-hetero) is 1. The SMILES string of the molecule is CC(=O)OC1[C@@H](O[C@@H]2O[C@H](CO)[C@@H](O)[C@H](O)[C@H]2O)[C@H]2O[C@@H]3C=C(C)C(=O)[C@@H](O)[C@]3(CO)[C@@]1(C)[C@]21CO1. The van der Waals surface area contributed by atoms with Gasteiger partial charge in [-0.1, -0.05) is 6.92 Å². The lowest BCUT2D eigenvalue weighted by Gasteiger charge is -2.58. The second-order valence-electron chi connectivity index (χ2n) is 10.5. The molecule has 1 spiro atoms. The average Bonchev–Trinajstić information content (AvgIpc) is 3.62. The number of aliphatic hydroxyl groups excluding tert-OH is 6. The van der Waals surface area contributed by atoms with E-state index < -0.39 is 103 Å². The molecule has 0 aromatic heterocycles. The molecule has 13 atom stereocenters. The fourth-order valence-electron chi connectivity index (χ4n) is 6.82. The second kappa shape index (κ2) is 8.50. The molecule has 0 aromatic carbocycles. The summed E-state index contributed by atoms with van der Waals surface area (Å²) in [6.45, 7) is 3.00. The fraction of sp³-hybridized carbons (Fsp3) is 0.826. The van der Waals surface area contributed by atoms with Gasteiger partial charge < -0.3 is 54.3 Å². The van der Waals surface area contributed by atoms with Crippen molar-refractivity contribution in [3.8, 4) is 0 Å². The highest BCUT2D eigenvalue weighted by Crippen LogP contribution is 2.72. The standard InChI is InChI=1S/C23H32O13/c1-8-4-11-22(6-25,17(31)12(8)27)21(3)18(33-9(2)26)16(19(35-11)23(21)7-32-23)36-20-15(30)14(29)13(28)10(5-24)34-20/h4,10-11,13-20,24-25,28-31H,5-7H2,1-3H3/t10-,11-,13-,14+,15-,16-,17-,18?,19-,20+,21+,22-,23+/m1/s1. The van der Waals surface area contributed by atoms with E-state index in [1.165, 1.54) is 13.0 Å². The largest absolute Gasteiger partial charge is 0.459 e. The number of epoxide rings is 1. The van der Waals surface area contributed by atoms with Gasteiger partial charge in [-0.25, -0.2) is 0 Å². The Kier molecular flexibility index (Phi) is 6.16. The topological polar surface area (TPSA) is 205 Å². The predicted molar refractivity (Wildman–Crippen MR) is 114 cm³/mol. The average molecular weight is 516 g/mol. The Labute approximate surface area is 206 Å². The van der Waals surface area contributed by atoms with Crippen molar-refractivity contribution in [1.82, 2.24) is 0 Å². The molecule has 3 heterocycles. The minimum atomic E-state index is -1.74. The van der Waals surface area contributed by atoms with Crippen LogP contribution >= 0.6 is 0 Å². The number of hydrogen-bond donors (Lipinski definition) is 6. The molecule has 1 unspecified atom stereocenters. The summed E-state index contributed by atoms with van der Waals surface area (Å²) in [5.74, 6) is -1.33. The second-order valence-corrected chi connectivity index (χ2v) is 10.5. The van der Waals surface area contributed by atoms with Crippen molar-refractivity contribution in [2.75, 3.05) is 19.8 Å². The molecule has 0 radical (unpaired) electrons. The number of rotatable bonds is 5. The third kappa shape index (κ3) is 3.06. The van der Waals surface area contributed by atoms with Gasteiger partial charge in [0.2, 0.25) is 0 Å². The molecular formula is C23H32O13. The Bertz CT molecular complexity index is 962. The molecule has 3 saturated heterocycles. The summed E-state index contributed by atoms with van der Waals surface area (Å²) >= 11 is 0. The van der Waals surface area contributed by atoms with Gasteiger partial charge in [0.25, 0.3) is 0 Å². The van der Waals surface area contributed by atoms with E-state index >= 15 is 0 Å². The lowest BCUT2D eigenvalue weighted by molar-refractivity contribution is -0.322. The zero-order chi connectivity index (χ0) is 26.4. The predicted octanol–water partition coefficient (Wildman–Crippen LogP) is -3.47. The first kappa shape index (κ1) is 26.1. The molecule has 2 bridgehead atoms. The molecule has 3 aliphatic heterocycles. The van der Waals surface area contributed by atoms with Gasteiger partial charge in [0.05, 0.1) is 36.8 Å². The van der Waals surface area contributed by atoms with E-state index in [9.17, 15) is 40.2 Å². The molecule has 1 saturated carbocycles. The van der Waals surface area contributed by atoms with E-state index in [-0.39, 0.29) is 12.2 Å². The van der Waals surface area contributed by atoms with Crippen molar-refractivity contribution in [3.63, 3.8) is 0 Å². The van der Waals surface area contributed by atoms with E-state index in [1.807, 2.05) is 0 Å². The van der Waals surface area contributed by atoms with Crippen LogP contribution in [0.5, 0.6) is 0 Å². The molecular weight excluding hydrogens is 484 g/mol. The third-order valence-corrected chi connectivity index (χ3v) is 8.95.